The van der Waals surface area contributed by atoms with Crippen molar-refractivity contribution in [2.24, 2.45) is 5.92 Å². The molecule has 0 aromatic heterocycles. The molecule has 0 amide bonds. The standard InChI is InChI=1S/C14H18O4/c1-14(2,3)18-13(17)11(12(15)16)9-10-7-5-4-6-8-10/h4-8,11H,9H2,1-3H3,(H,15,16). The highest BCUT2D eigenvalue weighted by Crippen LogP contribution is 2.15. The average Bonchev–Trinajstić information content (AvgIpc) is 2.24. The van der Waals surface area contributed by atoms with Gasteiger partial charge in [-0.2, -0.15) is 0 Å². The lowest BCUT2D eigenvalue weighted by Gasteiger charge is -2.22. The van der Waals surface area contributed by atoms with Gasteiger partial charge in [-0.3, -0.25) is 9.59 Å². The van der Waals surface area contributed by atoms with Crippen molar-refractivity contribution in [2.45, 2.75) is 32.8 Å². The minimum absolute atomic E-state index is 0.144. The summed E-state index contributed by atoms with van der Waals surface area (Å²) in [5.41, 5.74) is 0.123. The largest absolute Gasteiger partial charge is 0.481 e. The Morgan fingerprint density at radius 3 is 2.22 bits per heavy atom. The first-order valence-electron chi connectivity index (χ1n) is 5.79. The molecular weight excluding hydrogens is 232 g/mol. The third-order valence-corrected chi connectivity index (χ3v) is 2.27. The number of carbonyl (C=O) groups excluding carboxylic acids is 1. The Hall–Kier alpha value is -1.84. The second-order valence-electron chi connectivity index (χ2n) is 5.11. The molecule has 0 aliphatic heterocycles. The van der Waals surface area contributed by atoms with Crippen molar-refractivity contribution in [3.63, 3.8) is 0 Å². The molecule has 0 heterocycles. The van der Waals surface area contributed by atoms with Gasteiger partial charge in [0.2, 0.25) is 0 Å². The third-order valence-electron chi connectivity index (χ3n) is 2.27. The Balaban J connectivity index is 2.78. The number of hydrogen-bond acceptors (Lipinski definition) is 3. The molecule has 1 unspecified atom stereocenters. The molecule has 0 spiro atoms. The lowest BCUT2D eigenvalue weighted by atomic mass is 9.99. The number of carboxylic acid groups (broad SMARTS) is 1. The molecule has 4 heteroatoms. The van der Waals surface area contributed by atoms with E-state index in [1.165, 1.54) is 0 Å². The number of benzene rings is 1. The first-order chi connectivity index (χ1) is 8.29. The highest BCUT2D eigenvalue weighted by Gasteiger charge is 2.31. The summed E-state index contributed by atoms with van der Waals surface area (Å²) in [5.74, 6) is -3.02. The highest BCUT2D eigenvalue weighted by molar-refractivity contribution is 5.94. The number of ether oxygens (including phenoxy) is 1. The van der Waals surface area contributed by atoms with Crippen LogP contribution in [0, 0.1) is 5.92 Å². The van der Waals surface area contributed by atoms with E-state index in [4.69, 9.17) is 9.84 Å². The van der Waals surface area contributed by atoms with Crippen LogP contribution in [-0.4, -0.2) is 22.6 Å². The van der Waals surface area contributed by atoms with Gasteiger partial charge in [0.15, 0.2) is 5.92 Å². The van der Waals surface area contributed by atoms with Gasteiger partial charge < -0.3 is 9.84 Å². The van der Waals surface area contributed by atoms with Crippen molar-refractivity contribution >= 4 is 11.9 Å². The average molecular weight is 250 g/mol. The summed E-state index contributed by atoms with van der Waals surface area (Å²) >= 11 is 0. The van der Waals surface area contributed by atoms with Gasteiger partial charge in [-0.1, -0.05) is 30.3 Å². The number of rotatable bonds is 4. The van der Waals surface area contributed by atoms with Gasteiger partial charge in [-0.25, -0.2) is 0 Å². The van der Waals surface area contributed by atoms with Gasteiger partial charge in [0.1, 0.15) is 5.60 Å². The van der Waals surface area contributed by atoms with E-state index in [1.54, 1.807) is 32.9 Å². The molecule has 4 nitrogen and oxygen atoms in total. The maximum absolute atomic E-state index is 11.8. The summed E-state index contributed by atoms with van der Waals surface area (Å²) in [4.78, 5) is 22.9. The highest BCUT2D eigenvalue weighted by atomic mass is 16.6. The summed E-state index contributed by atoms with van der Waals surface area (Å²) in [7, 11) is 0. The quantitative estimate of drug-likeness (QED) is 0.657. The molecular formula is C14H18O4. The van der Waals surface area contributed by atoms with Gasteiger partial charge in [-0.05, 0) is 32.8 Å². The lowest BCUT2D eigenvalue weighted by molar-refractivity contribution is -0.166. The zero-order valence-electron chi connectivity index (χ0n) is 10.8. The summed E-state index contributed by atoms with van der Waals surface area (Å²) in [5, 5.41) is 9.10. The van der Waals surface area contributed by atoms with Crippen LogP contribution in [0.25, 0.3) is 0 Å². The van der Waals surface area contributed by atoms with Crippen molar-refractivity contribution < 1.29 is 19.4 Å². The molecule has 0 radical (unpaired) electrons. The normalized spacial score (nSPS) is 12.8. The fourth-order valence-electron chi connectivity index (χ4n) is 1.49. The van der Waals surface area contributed by atoms with Crippen LogP contribution >= 0.6 is 0 Å². The third kappa shape index (κ3) is 4.57. The minimum Gasteiger partial charge on any atom is -0.481 e. The smallest absolute Gasteiger partial charge is 0.321 e. The number of esters is 1. The van der Waals surface area contributed by atoms with Crippen LogP contribution in [0.3, 0.4) is 0 Å². The molecule has 18 heavy (non-hydrogen) atoms. The summed E-state index contributed by atoms with van der Waals surface area (Å²) < 4.78 is 5.11. The topological polar surface area (TPSA) is 63.6 Å². The fraction of sp³-hybridized carbons (Fsp3) is 0.429. The molecule has 1 rings (SSSR count). The van der Waals surface area contributed by atoms with Gasteiger partial charge in [0.05, 0.1) is 0 Å². The minimum atomic E-state index is -1.16. The second-order valence-corrected chi connectivity index (χ2v) is 5.11. The van der Waals surface area contributed by atoms with Crippen molar-refractivity contribution in [3.05, 3.63) is 35.9 Å². The van der Waals surface area contributed by atoms with E-state index in [0.29, 0.717) is 0 Å². The molecule has 1 N–H and O–H groups in total. The molecule has 0 saturated heterocycles. The molecule has 1 atom stereocenters. The predicted octanol–water partition coefficient (Wildman–Crippen LogP) is 2.27. The number of aliphatic carboxylic acids is 1. The zero-order valence-corrected chi connectivity index (χ0v) is 10.8. The van der Waals surface area contributed by atoms with Gasteiger partial charge in [0.25, 0.3) is 0 Å². The Bertz CT molecular complexity index is 417. The molecule has 1 aromatic rings. The van der Waals surface area contributed by atoms with Crippen LogP contribution in [0.2, 0.25) is 0 Å². The molecule has 98 valence electrons. The van der Waals surface area contributed by atoms with Gasteiger partial charge in [0, 0.05) is 0 Å². The Morgan fingerprint density at radius 2 is 1.78 bits per heavy atom. The SMILES string of the molecule is CC(C)(C)OC(=O)C(Cc1ccccc1)C(=O)O. The van der Waals surface area contributed by atoms with Gasteiger partial charge >= 0.3 is 11.9 Å². The van der Waals surface area contributed by atoms with Crippen LogP contribution in [0.5, 0.6) is 0 Å². The Labute approximate surface area is 107 Å². The maximum Gasteiger partial charge on any atom is 0.321 e. The van der Waals surface area contributed by atoms with Crippen molar-refractivity contribution in [2.75, 3.05) is 0 Å². The number of hydrogen-bond donors (Lipinski definition) is 1. The Kier molecular flexibility index (Phi) is 4.48. The molecule has 0 aliphatic carbocycles. The van der Waals surface area contributed by atoms with E-state index in [-0.39, 0.29) is 6.42 Å². The first kappa shape index (κ1) is 14.2. The Morgan fingerprint density at radius 1 is 1.22 bits per heavy atom. The summed E-state index contributed by atoms with van der Waals surface area (Å²) in [6, 6.07) is 9.04. The van der Waals surface area contributed by atoms with Crippen LogP contribution in [-0.2, 0) is 20.7 Å². The van der Waals surface area contributed by atoms with Crippen LogP contribution in [0.15, 0.2) is 30.3 Å². The van der Waals surface area contributed by atoms with Crippen molar-refractivity contribution in [3.8, 4) is 0 Å². The number of carboxylic acids is 1. The number of carbonyl (C=O) groups is 2. The van der Waals surface area contributed by atoms with Crippen LogP contribution in [0.4, 0.5) is 0 Å². The van der Waals surface area contributed by atoms with E-state index >= 15 is 0 Å². The van der Waals surface area contributed by atoms with Gasteiger partial charge in [-0.15, -0.1) is 0 Å². The van der Waals surface area contributed by atoms with E-state index < -0.39 is 23.5 Å². The van der Waals surface area contributed by atoms with E-state index in [1.807, 2.05) is 18.2 Å². The van der Waals surface area contributed by atoms with Crippen molar-refractivity contribution in [1.29, 1.82) is 0 Å². The van der Waals surface area contributed by atoms with E-state index in [0.717, 1.165) is 5.56 Å². The summed E-state index contributed by atoms with van der Waals surface area (Å²) in [6.45, 7) is 5.14. The molecule has 0 fully saturated rings. The van der Waals surface area contributed by atoms with E-state index in [9.17, 15) is 9.59 Å². The van der Waals surface area contributed by atoms with Crippen LogP contribution in [0.1, 0.15) is 26.3 Å². The molecule has 0 saturated carbocycles. The van der Waals surface area contributed by atoms with Crippen molar-refractivity contribution in [1.82, 2.24) is 0 Å². The zero-order chi connectivity index (χ0) is 13.8. The maximum atomic E-state index is 11.8. The monoisotopic (exact) mass is 250 g/mol. The molecule has 0 aliphatic rings. The second kappa shape index (κ2) is 5.67. The van der Waals surface area contributed by atoms with E-state index in [2.05, 4.69) is 0 Å². The lowest BCUT2D eigenvalue weighted by Crippen LogP contribution is -2.33. The summed E-state index contributed by atoms with van der Waals surface area (Å²) in [6.07, 6.45) is 0.144. The fourth-order valence-corrected chi connectivity index (χ4v) is 1.49. The predicted molar refractivity (Wildman–Crippen MR) is 67.1 cm³/mol. The molecule has 0 bridgehead atoms. The first-order valence-corrected chi connectivity index (χ1v) is 5.79. The van der Waals surface area contributed by atoms with Crippen LogP contribution < -0.4 is 0 Å². The molecule has 1 aromatic carbocycles.